The average Bonchev–Trinajstić information content (AvgIpc) is 2.27. The molecule has 0 radical (unpaired) electrons. The molecular formula is C11H10F4N2O4. The first-order valence-corrected chi connectivity index (χ1v) is 5.55. The van der Waals surface area contributed by atoms with Crippen LogP contribution in [0.15, 0.2) is 12.1 Å². The SMILES string of the molecule is CC(CC(F)(F)F)Nc1cc(C(=O)O)c(F)cc1[N+](=O)[O-]. The number of hydrogen-bond donors (Lipinski definition) is 2. The van der Waals surface area contributed by atoms with Crippen molar-refractivity contribution in [2.45, 2.75) is 25.6 Å². The van der Waals surface area contributed by atoms with E-state index in [1.807, 2.05) is 0 Å². The van der Waals surface area contributed by atoms with Crippen LogP contribution in [0.2, 0.25) is 0 Å². The van der Waals surface area contributed by atoms with Gasteiger partial charge >= 0.3 is 12.1 Å². The van der Waals surface area contributed by atoms with Gasteiger partial charge in [-0.3, -0.25) is 10.1 Å². The summed E-state index contributed by atoms with van der Waals surface area (Å²) in [5.74, 6) is -3.03. The molecule has 0 aliphatic carbocycles. The molecule has 0 saturated heterocycles. The number of nitrogens with one attached hydrogen (secondary N) is 1. The fourth-order valence-electron chi connectivity index (χ4n) is 1.66. The van der Waals surface area contributed by atoms with Crippen molar-refractivity contribution in [3.8, 4) is 0 Å². The van der Waals surface area contributed by atoms with Gasteiger partial charge in [-0.25, -0.2) is 9.18 Å². The summed E-state index contributed by atoms with van der Waals surface area (Å²) in [5.41, 5.74) is -2.20. The van der Waals surface area contributed by atoms with Gasteiger partial charge in [-0.15, -0.1) is 0 Å². The highest BCUT2D eigenvalue weighted by Gasteiger charge is 2.31. The first-order valence-electron chi connectivity index (χ1n) is 5.55. The zero-order chi connectivity index (χ0) is 16.4. The van der Waals surface area contributed by atoms with Crippen LogP contribution < -0.4 is 5.32 Å². The molecule has 1 rings (SSSR count). The van der Waals surface area contributed by atoms with Gasteiger partial charge < -0.3 is 10.4 Å². The lowest BCUT2D eigenvalue weighted by molar-refractivity contribution is -0.384. The van der Waals surface area contributed by atoms with Gasteiger partial charge in [0.15, 0.2) is 0 Å². The lowest BCUT2D eigenvalue weighted by Crippen LogP contribution is -2.24. The molecule has 0 aliphatic heterocycles. The smallest absolute Gasteiger partial charge is 0.391 e. The van der Waals surface area contributed by atoms with Crippen LogP contribution in [0.1, 0.15) is 23.7 Å². The summed E-state index contributed by atoms with van der Waals surface area (Å²) < 4.78 is 50.0. The molecule has 1 aromatic carbocycles. The quantitative estimate of drug-likeness (QED) is 0.495. The molecule has 6 nitrogen and oxygen atoms in total. The number of rotatable bonds is 5. The maximum Gasteiger partial charge on any atom is 0.391 e. The number of hydrogen-bond acceptors (Lipinski definition) is 4. The van der Waals surface area contributed by atoms with Crippen LogP contribution in [0.4, 0.5) is 28.9 Å². The van der Waals surface area contributed by atoms with Crippen LogP contribution in [0.5, 0.6) is 0 Å². The first-order chi connectivity index (χ1) is 9.51. The van der Waals surface area contributed by atoms with E-state index < -0.39 is 52.3 Å². The number of alkyl halides is 3. The molecule has 2 N–H and O–H groups in total. The number of anilines is 1. The monoisotopic (exact) mass is 310 g/mol. The molecular weight excluding hydrogens is 300 g/mol. The van der Waals surface area contributed by atoms with Crippen molar-refractivity contribution in [3.05, 3.63) is 33.6 Å². The summed E-state index contributed by atoms with van der Waals surface area (Å²) in [6.45, 7) is 1.11. The second-order valence-corrected chi connectivity index (χ2v) is 4.28. The maximum absolute atomic E-state index is 13.4. The Balaban J connectivity index is 3.17. The Morgan fingerprint density at radius 2 is 2.05 bits per heavy atom. The lowest BCUT2D eigenvalue weighted by Gasteiger charge is -2.17. The number of nitro groups is 1. The number of carbonyl (C=O) groups is 1. The zero-order valence-corrected chi connectivity index (χ0v) is 10.6. The zero-order valence-electron chi connectivity index (χ0n) is 10.6. The molecule has 1 unspecified atom stereocenters. The van der Waals surface area contributed by atoms with Crippen molar-refractivity contribution in [3.63, 3.8) is 0 Å². The normalized spacial score (nSPS) is 12.8. The Bertz CT molecular complexity index is 574. The second kappa shape index (κ2) is 5.94. The largest absolute Gasteiger partial charge is 0.478 e. The lowest BCUT2D eigenvalue weighted by atomic mass is 10.1. The van der Waals surface area contributed by atoms with E-state index in [4.69, 9.17) is 5.11 Å². The standard InChI is InChI=1S/C11H10F4N2O4/c1-5(4-11(13,14)15)16-8-2-6(10(18)19)7(12)3-9(8)17(20)21/h2-3,5,16H,4H2,1H3,(H,18,19). The van der Waals surface area contributed by atoms with Crippen LogP contribution in [0.3, 0.4) is 0 Å². The molecule has 10 heteroatoms. The van der Waals surface area contributed by atoms with Gasteiger partial charge in [-0.1, -0.05) is 0 Å². The van der Waals surface area contributed by atoms with Crippen molar-refractivity contribution in [2.75, 3.05) is 5.32 Å². The van der Waals surface area contributed by atoms with Gasteiger partial charge in [0.2, 0.25) is 0 Å². The van der Waals surface area contributed by atoms with E-state index in [2.05, 4.69) is 5.32 Å². The van der Waals surface area contributed by atoms with Crippen molar-refractivity contribution < 1.29 is 32.4 Å². The topological polar surface area (TPSA) is 92.5 Å². The number of benzene rings is 1. The van der Waals surface area contributed by atoms with Crippen LogP contribution >= 0.6 is 0 Å². The summed E-state index contributed by atoms with van der Waals surface area (Å²) in [7, 11) is 0. The molecule has 1 atom stereocenters. The molecule has 0 heterocycles. The van der Waals surface area contributed by atoms with E-state index in [9.17, 15) is 32.5 Å². The van der Waals surface area contributed by atoms with Crippen LogP contribution in [0, 0.1) is 15.9 Å². The summed E-state index contributed by atoms with van der Waals surface area (Å²) in [6.07, 6.45) is -5.79. The van der Waals surface area contributed by atoms with Crippen molar-refractivity contribution >= 4 is 17.3 Å². The Labute approximate surface area is 115 Å². The minimum absolute atomic E-state index is 0.353. The minimum atomic E-state index is -4.50. The van der Waals surface area contributed by atoms with Crippen molar-refractivity contribution in [2.24, 2.45) is 0 Å². The third-order valence-corrected chi connectivity index (χ3v) is 2.45. The van der Waals surface area contributed by atoms with E-state index in [1.165, 1.54) is 0 Å². The highest BCUT2D eigenvalue weighted by Crippen LogP contribution is 2.30. The van der Waals surface area contributed by atoms with E-state index >= 15 is 0 Å². The highest BCUT2D eigenvalue weighted by molar-refractivity contribution is 5.90. The van der Waals surface area contributed by atoms with E-state index in [0.717, 1.165) is 6.92 Å². The predicted octanol–water partition coefficient (Wildman–Crippen LogP) is 3.18. The molecule has 0 fully saturated rings. The Kier molecular flexibility index (Phi) is 4.71. The van der Waals surface area contributed by atoms with Crippen LogP contribution in [-0.4, -0.2) is 28.2 Å². The molecule has 1 aromatic rings. The Morgan fingerprint density at radius 1 is 1.48 bits per heavy atom. The predicted molar refractivity (Wildman–Crippen MR) is 63.8 cm³/mol. The summed E-state index contributed by atoms with van der Waals surface area (Å²) in [6, 6.07) is -0.301. The van der Waals surface area contributed by atoms with Crippen molar-refractivity contribution in [1.29, 1.82) is 0 Å². The van der Waals surface area contributed by atoms with Gasteiger partial charge in [0.1, 0.15) is 11.5 Å². The number of nitrogens with zero attached hydrogens (tertiary/aromatic N) is 1. The van der Waals surface area contributed by atoms with Crippen LogP contribution in [-0.2, 0) is 0 Å². The van der Waals surface area contributed by atoms with Crippen molar-refractivity contribution in [1.82, 2.24) is 0 Å². The fourth-order valence-corrected chi connectivity index (χ4v) is 1.66. The van der Waals surface area contributed by atoms with Crippen LogP contribution in [0.25, 0.3) is 0 Å². The highest BCUT2D eigenvalue weighted by atomic mass is 19.4. The van der Waals surface area contributed by atoms with E-state index in [0.29, 0.717) is 12.1 Å². The molecule has 0 aromatic heterocycles. The second-order valence-electron chi connectivity index (χ2n) is 4.28. The molecule has 0 amide bonds. The number of halogens is 4. The summed E-state index contributed by atoms with van der Waals surface area (Å²) in [5, 5.41) is 21.7. The number of carboxylic acids is 1. The maximum atomic E-state index is 13.4. The number of nitro benzene ring substituents is 1. The third kappa shape index (κ3) is 4.58. The summed E-state index contributed by atoms with van der Waals surface area (Å²) >= 11 is 0. The molecule has 0 saturated carbocycles. The number of carboxylic acid groups (broad SMARTS) is 1. The van der Waals surface area contributed by atoms with Gasteiger partial charge in [-0.2, -0.15) is 13.2 Å². The minimum Gasteiger partial charge on any atom is -0.478 e. The van der Waals surface area contributed by atoms with Gasteiger partial charge in [0.05, 0.1) is 23.0 Å². The molecule has 0 bridgehead atoms. The fraction of sp³-hybridized carbons (Fsp3) is 0.364. The van der Waals surface area contributed by atoms with Gasteiger partial charge in [0, 0.05) is 6.04 Å². The number of aromatic carboxylic acids is 1. The summed E-state index contributed by atoms with van der Waals surface area (Å²) in [4.78, 5) is 20.5. The first kappa shape index (κ1) is 16.7. The third-order valence-electron chi connectivity index (χ3n) is 2.45. The molecule has 0 aliphatic rings. The Morgan fingerprint density at radius 3 is 2.48 bits per heavy atom. The van der Waals surface area contributed by atoms with E-state index in [1.54, 1.807) is 0 Å². The molecule has 0 spiro atoms. The van der Waals surface area contributed by atoms with E-state index in [-0.39, 0.29) is 0 Å². The average molecular weight is 310 g/mol. The van der Waals surface area contributed by atoms with Gasteiger partial charge in [-0.05, 0) is 13.0 Å². The van der Waals surface area contributed by atoms with Gasteiger partial charge in [0.25, 0.3) is 5.69 Å². The molecule has 116 valence electrons. The molecule has 21 heavy (non-hydrogen) atoms. The Hall–Kier alpha value is -2.39.